The molecular weight excluding hydrogens is 266 g/mol. The smallest absolute Gasteiger partial charge is 0.187 e. The Morgan fingerprint density at radius 1 is 1.40 bits per heavy atom. The van der Waals surface area contributed by atoms with Crippen molar-refractivity contribution in [3.8, 4) is 5.75 Å². The molecule has 1 fully saturated rings. The van der Waals surface area contributed by atoms with Crippen LogP contribution in [0.5, 0.6) is 5.75 Å². The number of epoxide rings is 1. The van der Waals surface area contributed by atoms with E-state index >= 15 is 0 Å². The quantitative estimate of drug-likeness (QED) is 0.797. The van der Waals surface area contributed by atoms with E-state index in [4.69, 9.17) is 9.47 Å². The van der Waals surface area contributed by atoms with E-state index in [1.54, 1.807) is 0 Å². The molecule has 6 heteroatoms. The molecule has 0 aliphatic carbocycles. The number of benzene rings is 1. The van der Waals surface area contributed by atoms with Crippen molar-refractivity contribution in [3.05, 3.63) is 41.6 Å². The molecule has 20 heavy (non-hydrogen) atoms. The third-order valence-electron chi connectivity index (χ3n) is 3.39. The maximum atomic E-state index is 13.1. The van der Waals surface area contributed by atoms with Crippen LogP contribution < -0.4 is 4.74 Å². The van der Waals surface area contributed by atoms with E-state index in [1.165, 1.54) is 6.07 Å². The normalized spacial score (nSPS) is 24.5. The fourth-order valence-electron chi connectivity index (χ4n) is 2.15. The van der Waals surface area contributed by atoms with Gasteiger partial charge in [-0.2, -0.15) is 0 Å². The Labute approximate surface area is 115 Å². The highest BCUT2D eigenvalue weighted by Gasteiger charge is 2.50. The number of hydrogen-bond donors (Lipinski definition) is 0. The summed E-state index contributed by atoms with van der Waals surface area (Å²) in [5, 5.41) is 0. The average Bonchev–Trinajstić information content (AvgIpc) is 3.17. The van der Waals surface area contributed by atoms with Crippen LogP contribution in [0.3, 0.4) is 0 Å². The summed E-state index contributed by atoms with van der Waals surface area (Å²) in [4.78, 5) is 6.27. The van der Waals surface area contributed by atoms with E-state index in [-0.39, 0.29) is 12.4 Å². The predicted octanol–water partition coefficient (Wildman–Crippen LogP) is 2.32. The van der Waals surface area contributed by atoms with E-state index in [2.05, 4.69) is 4.99 Å². The van der Waals surface area contributed by atoms with Gasteiger partial charge in [0.15, 0.2) is 17.4 Å². The highest BCUT2D eigenvalue weighted by Crippen LogP contribution is 2.36. The largest absolute Gasteiger partial charge is 0.486 e. The molecule has 3 rings (SSSR count). The molecule has 1 aromatic carbocycles. The SMILES string of the molecule is CC1=CC2(CO2)N(C)C(COc2ccc(F)c(F)c2)=N1. The van der Waals surface area contributed by atoms with Gasteiger partial charge in [0, 0.05) is 18.8 Å². The molecule has 1 unspecified atom stereocenters. The zero-order valence-electron chi connectivity index (χ0n) is 11.2. The van der Waals surface area contributed by atoms with Crippen LogP contribution in [0.15, 0.2) is 35.0 Å². The summed E-state index contributed by atoms with van der Waals surface area (Å²) in [5.74, 6) is -0.877. The predicted molar refractivity (Wildman–Crippen MR) is 69.5 cm³/mol. The molecule has 1 saturated heterocycles. The van der Waals surface area contributed by atoms with Gasteiger partial charge in [0.1, 0.15) is 24.8 Å². The molecule has 1 atom stereocenters. The second-order valence-corrected chi connectivity index (χ2v) is 4.87. The summed E-state index contributed by atoms with van der Waals surface area (Å²) in [5.41, 5.74) is 0.447. The minimum absolute atomic E-state index is 0.165. The Kier molecular flexibility index (Phi) is 2.97. The van der Waals surface area contributed by atoms with Crippen LogP contribution in [0.25, 0.3) is 0 Å². The number of rotatable bonds is 3. The molecule has 1 aromatic rings. The first-order chi connectivity index (χ1) is 9.50. The van der Waals surface area contributed by atoms with Crippen LogP contribution in [0.1, 0.15) is 6.92 Å². The molecule has 2 heterocycles. The Hall–Kier alpha value is -1.95. The molecule has 2 aliphatic heterocycles. The van der Waals surface area contributed by atoms with Crippen molar-refractivity contribution in [2.45, 2.75) is 12.6 Å². The average molecular weight is 280 g/mol. The first kappa shape index (κ1) is 13.1. The van der Waals surface area contributed by atoms with Gasteiger partial charge in [-0.1, -0.05) is 0 Å². The summed E-state index contributed by atoms with van der Waals surface area (Å²) in [6.07, 6.45) is 1.95. The topological polar surface area (TPSA) is 37.4 Å². The Bertz CT molecular complexity index is 609. The summed E-state index contributed by atoms with van der Waals surface area (Å²) in [6.45, 7) is 2.66. The second-order valence-electron chi connectivity index (χ2n) is 4.87. The number of halogens is 2. The van der Waals surface area contributed by atoms with Crippen molar-refractivity contribution in [3.63, 3.8) is 0 Å². The molecular formula is C14H14F2N2O2. The molecule has 2 aliphatic rings. The third-order valence-corrected chi connectivity index (χ3v) is 3.39. The van der Waals surface area contributed by atoms with Crippen molar-refractivity contribution >= 4 is 5.84 Å². The summed E-state index contributed by atoms with van der Waals surface area (Å²) < 4.78 is 36.8. The van der Waals surface area contributed by atoms with Gasteiger partial charge in [-0.15, -0.1) is 0 Å². The molecule has 1 spiro atoms. The highest BCUT2D eigenvalue weighted by molar-refractivity contribution is 5.86. The van der Waals surface area contributed by atoms with Crippen molar-refractivity contribution < 1.29 is 18.3 Å². The van der Waals surface area contributed by atoms with Gasteiger partial charge >= 0.3 is 0 Å². The zero-order valence-corrected chi connectivity index (χ0v) is 11.2. The number of nitrogens with zero attached hydrogens (tertiary/aromatic N) is 2. The van der Waals surface area contributed by atoms with E-state index in [9.17, 15) is 8.78 Å². The number of aliphatic imine (C=N–C) groups is 1. The maximum Gasteiger partial charge on any atom is 0.187 e. The number of ether oxygens (including phenoxy) is 2. The molecule has 4 nitrogen and oxygen atoms in total. The van der Waals surface area contributed by atoms with Gasteiger partial charge in [-0.25, -0.2) is 13.8 Å². The van der Waals surface area contributed by atoms with Crippen LogP contribution in [0.2, 0.25) is 0 Å². The fourth-order valence-corrected chi connectivity index (χ4v) is 2.15. The van der Waals surface area contributed by atoms with Gasteiger partial charge in [0.05, 0.1) is 0 Å². The van der Waals surface area contributed by atoms with Gasteiger partial charge in [-0.05, 0) is 25.1 Å². The van der Waals surface area contributed by atoms with E-state index in [1.807, 2.05) is 24.9 Å². The number of hydrogen-bond acceptors (Lipinski definition) is 4. The number of amidine groups is 1. The minimum atomic E-state index is -0.931. The van der Waals surface area contributed by atoms with Crippen LogP contribution in [0.4, 0.5) is 8.78 Å². The van der Waals surface area contributed by atoms with Crippen molar-refractivity contribution in [2.24, 2.45) is 4.99 Å². The van der Waals surface area contributed by atoms with Crippen molar-refractivity contribution in [1.82, 2.24) is 4.90 Å². The summed E-state index contributed by atoms with van der Waals surface area (Å²) in [6, 6.07) is 3.44. The van der Waals surface area contributed by atoms with E-state index in [0.717, 1.165) is 17.8 Å². The summed E-state index contributed by atoms with van der Waals surface area (Å²) in [7, 11) is 1.86. The van der Waals surface area contributed by atoms with Gasteiger partial charge in [0.25, 0.3) is 0 Å². The lowest BCUT2D eigenvalue weighted by atomic mass is 10.2. The molecule has 106 valence electrons. The van der Waals surface area contributed by atoms with Crippen LogP contribution in [-0.4, -0.2) is 36.7 Å². The molecule has 0 bridgehead atoms. The standard InChI is InChI=1S/C14H14F2N2O2/c1-9-6-14(8-20-14)18(2)13(17-9)7-19-10-3-4-11(15)12(16)5-10/h3-6H,7-8H2,1-2H3. The molecule has 0 radical (unpaired) electrons. The van der Waals surface area contributed by atoms with Gasteiger partial charge in [-0.3, -0.25) is 0 Å². The fraction of sp³-hybridized carbons (Fsp3) is 0.357. The lowest BCUT2D eigenvalue weighted by Gasteiger charge is -2.29. The van der Waals surface area contributed by atoms with Crippen LogP contribution in [-0.2, 0) is 4.74 Å². The maximum absolute atomic E-state index is 13.1. The van der Waals surface area contributed by atoms with E-state index < -0.39 is 17.4 Å². The third kappa shape index (κ3) is 2.27. The van der Waals surface area contributed by atoms with Gasteiger partial charge in [0.2, 0.25) is 0 Å². The second kappa shape index (κ2) is 4.56. The molecule has 0 aromatic heterocycles. The first-order valence-corrected chi connectivity index (χ1v) is 6.23. The monoisotopic (exact) mass is 280 g/mol. The minimum Gasteiger partial charge on any atom is -0.486 e. The lowest BCUT2D eigenvalue weighted by Crippen LogP contribution is -2.43. The van der Waals surface area contributed by atoms with Crippen LogP contribution >= 0.6 is 0 Å². The van der Waals surface area contributed by atoms with Crippen LogP contribution in [0, 0.1) is 11.6 Å². The Morgan fingerprint density at radius 3 is 2.80 bits per heavy atom. The van der Waals surface area contributed by atoms with Gasteiger partial charge < -0.3 is 14.4 Å². The summed E-state index contributed by atoms with van der Waals surface area (Å²) >= 11 is 0. The lowest BCUT2D eigenvalue weighted by molar-refractivity contribution is 0.205. The molecule has 0 amide bonds. The number of likely N-dealkylation sites (N-methyl/N-ethyl adjacent to an activating group) is 1. The Balaban J connectivity index is 1.71. The molecule has 0 saturated carbocycles. The van der Waals surface area contributed by atoms with Crippen molar-refractivity contribution in [2.75, 3.05) is 20.3 Å². The first-order valence-electron chi connectivity index (χ1n) is 6.23. The highest BCUT2D eigenvalue weighted by atomic mass is 19.2. The zero-order chi connectivity index (χ0) is 14.3. The van der Waals surface area contributed by atoms with Crippen molar-refractivity contribution in [1.29, 1.82) is 0 Å². The Morgan fingerprint density at radius 2 is 2.15 bits per heavy atom. The van der Waals surface area contributed by atoms with E-state index in [0.29, 0.717) is 12.4 Å². The molecule has 0 N–H and O–H groups in total. The number of allylic oxidation sites excluding steroid dienone is 1.